The number of carboxylic acids is 1. The van der Waals surface area contributed by atoms with E-state index in [1.54, 1.807) is 12.1 Å². The molecule has 3 rings (SSSR count). The van der Waals surface area contributed by atoms with Gasteiger partial charge in [0, 0.05) is 18.7 Å². The molecule has 1 spiro atoms. The Morgan fingerprint density at radius 2 is 2.04 bits per heavy atom. The van der Waals surface area contributed by atoms with Gasteiger partial charge in [0.15, 0.2) is 6.61 Å². The van der Waals surface area contributed by atoms with Crippen LogP contribution in [0.5, 0.6) is 5.75 Å². The molecule has 8 heteroatoms. The molecule has 1 N–H and O–H groups in total. The van der Waals surface area contributed by atoms with Crippen LogP contribution < -0.4 is 4.74 Å². The number of ether oxygens (including phenoxy) is 1. The van der Waals surface area contributed by atoms with Gasteiger partial charge >= 0.3 is 12.1 Å². The number of carboxylic acid groups (broad SMARTS) is 1. The lowest BCUT2D eigenvalue weighted by Crippen LogP contribution is -2.57. The minimum atomic E-state index is -4.24. The number of rotatable bonds is 4. The maximum Gasteiger partial charge on any atom is 0.392 e. The van der Waals surface area contributed by atoms with Gasteiger partial charge in [0.25, 0.3) is 5.91 Å². The Labute approximate surface area is 148 Å². The van der Waals surface area contributed by atoms with Gasteiger partial charge in [0.05, 0.1) is 5.92 Å². The summed E-state index contributed by atoms with van der Waals surface area (Å²) in [6.07, 6.45) is -2.58. The highest BCUT2D eigenvalue weighted by atomic mass is 19.4. The molecular formula is C18H20F3NO4. The number of amides is 1. The Balaban J connectivity index is 1.73. The number of halogens is 3. The molecule has 1 atom stereocenters. The summed E-state index contributed by atoms with van der Waals surface area (Å²) in [4.78, 5) is 24.8. The molecule has 2 aliphatic rings. The van der Waals surface area contributed by atoms with E-state index in [1.165, 1.54) is 17.0 Å². The van der Waals surface area contributed by atoms with Crippen LogP contribution in [0.3, 0.4) is 0 Å². The van der Waals surface area contributed by atoms with Crippen LogP contribution in [0.2, 0.25) is 0 Å². The lowest BCUT2D eigenvalue weighted by Gasteiger charge is -2.54. The number of aliphatic carboxylic acids is 1. The number of hydrogen-bond acceptors (Lipinski definition) is 3. The van der Waals surface area contributed by atoms with Crippen molar-refractivity contribution in [1.29, 1.82) is 0 Å². The van der Waals surface area contributed by atoms with Crippen LogP contribution in [0.15, 0.2) is 24.3 Å². The molecule has 26 heavy (non-hydrogen) atoms. The number of likely N-dealkylation sites (tertiary alicyclic amines) is 1. The Kier molecular flexibility index (Phi) is 4.86. The van der Waals surface area contributed by atoms with Crippen molar-refractivity contribution >= 4 is 11.9 Å². The van der Waals surface area contributed by atoms with Crippen LogP contribution in [0.1, 0.15) is 36.0 Å². The van der Waals surface area contributed by atoms with Gasteiger partial charge in [-0.3, -0.25) is 4.79 Å². The highest BCUT2D eigenvalue weighted by molar-refractivity contribution is 5.94. The number of piperidine rings is 1. The smallest absolute Gasteiger partial charge is 0.392 e. The van der Waals surface area contributed by atoms with Crippen molar-refractivity contribution in [2.24, 2.45) is 11.3 Å². The first-order chi connectivity index (χ1) is 12.2. The molecule has 0 bridgehead atoms. The fourth-order valence-corrected chi connectivity index (χ4v) is 4.03. The van der Waals surface area contributed by atoms with Gasteiger partial charge in [-0.15, -0.1) is 0 Å². The lowest BCUT2D eigenvalue weighted by molar-refractivity contribution is -0.235. The molecule has 1 aromatic rings. The summed E-state index contributed by atoms with van der Waals surface area (Å²) in [5, 5.41) is 8.65. The SMILES string of the molecule is O=C(O)COc1cccc(C(=O)N2CCC(C(F)(F)F)C3(CCC3)C2)c1. The standard InChI is InChI=1S/C18H20F3NO4/c19-18(20,21)14-5-8-22(11-17(14)6-2-7-17)16(25)12-3-1-4-13(9-12)26-10-15(23)24/h1,3-4,9,14H,2,5-8,10-11H2,(H,23,24). The number of benzene rings is 1. The summed E-state index contributed by atoms with van der Waals surface area (Å²) >= 11 is 0. The number of nitrogens with zero attached hydrogens (tertiary/aromatic N) is 1. The van der Waals surface area contributed by atoms with Gasteiger partial charge < -0.3 is 14.7 Å². The number of hydrogen-bond donors (Lipinski definition) is 1. The molecule has 1 aliphatic carbocycles. The average Bonchev–Trinajstić information content (AvgIpc) is 2.56. The summed E-state index contributed by atoms with van der Waals surface area (Å²) in [5.74, 6) is -2.60. The van der Waals surface area contributed by atoms with E-state index >= 15 is 0 Å². The first-order valence-corrected chi connectivity index (χ1v) is 8.52. The van der Waals surface area contributed by atoms with E-state index in [4.69, 9.17) is 9.84 Å². The summed E-state index contributed by atoms with van der Waals surface area (Å²) in [6, 6.07) is 6.07. The molecule has 1 amide bonds. The molecule has 5 nitrogen and oxygen atoms in total. The number of alkyl halides is 3. The number of carbonyl (C=O) groups is 2. The molecule has 1 saturated heterocycles. The molecular weight excluding hydrogens is 351 g/mol. The molecule has 1 aliphatic heterocycles. The molecule has 1 saturated carbocycles. The van der Waals surface area contributed by atoms with Crippen LogP contribution in [0.25, 0.3) is 0 Å². The average molecular weight is 371 g/mol. The predicted octanol–water partition coefficient (Wildman–Crippen LogP) is 3.34. The molecule has 0 radical (unpaired) electrons. The minimum Gasteiger partial charge on any atom is -0.482 e. The molecule has 142 valence electrons. The first-order valence-electron chi connectivity index (χ1n) is 8.52. The maximum absolute atomic E-state index is 13.3. The van der Waals surface area contributed by atoms with Crippen molar-refractivity contribution in [2.45, 2.75) is 31.9 Å². The quantitative estimate of drug-likeness (QED) is 0.882. The van der Waals surface area contributed by atoms with E-state index in [1.807, 2.05) is 0 Å². The second-order valence-corrected chi connectivity index (χ2v) is 7.04. The Bertz CT molecular complexity index is 700. The van der Waals surface area contributed by atoms with E-state index in [9.17, 15) is 22.8 Å². The van der Waals surface area contributed by atoms with Gasteiger partial charge in [0.2, 0.25) is 0 Å². The van der Waals surface area contributed by atoms with E-state index in [-0.39, 0.29) is 36.7 Å². The van der Waals surface area contributed by atoms with Crippen molar-refractivity contribution in [3.05, 3.63) is 29.8 Å². The fourth-order valence-electron chi connectivity index (χ4n) is 4.03. The molecule has 1 heterocycles. The van der Waals surface area contributed by atoms with Crippen molar-refractivity contribution in [1.82, 2.24) is 4.90 Å². The van der Waals surface area contributed by atoms with E-state index in [0.29, 0.717) is 12.8 Å². The fraction of sp³-hybridized carbons (Fsp3) is 0.556. The minimum absolute atomic E-state index is 0.0605. The summed E-state index contributed by atoms with van der Waals surface area (Å²) in [6.45, 7) is -0.362. The third-order valence-corrected chi connectivity index (χ3v) is 5.41. The largest absolute Gasteiger partial charge is 0.482 e. The zero-order valence-electron chi connectivity index (χ0n) is 14.1. The second-order valence-electron chi connectivity index (χ2n) is 7.04. The van der Waals surface area contributed by atoms with Crippen molar-refractivity contribution in [2.75, 3.05) is 19.7 Å². The highest BCUT2D eigenvalue weighted by Crippen LogP contribution is 2.56. The first kappa shape index (κ1) is 18.5. The highest BCUT2D eigenvalue weighted by Gasteiger charge is 2.58. The monoisotopic (exact) mass is 371 g/mol. The second kappa shape index (κ2) is 6.81. The van der Waals surface area contributed by atoms with Gasteiger partial charge in [-0.1, -0.05) is 12.5 Å². The Morgan fingerprint density at radius 1 is 1.31 bits per heavy atom. The number of carbonyl (C=O) groups excluding carboxylic acids is 1. The van der Waals surface area contributed by atoms with Crippen LogP contribution in [0.4, 0.5) is 13.2 Å². The Hall–Kier alpha value is -2.25. The summed E-state index contributed by atoms with van der Waals surface area (Å²) in [7, 11) is 0. The van der Waals surface area contributed by atoms with Crippen LogP contribution in [-0.4, -0.2) is 47.8 Å². The third kappa shape index (κ3) is 3.64. The van der Waals surface area contributed by atoms with E-state index in [0.717, 1.165) is 6.42 Å². The summed E-state index contributed by atoms with van der Waals surface area (Å²) in [5.41, 5.74) is -0.573. The molecule has 1 aromatic carbocycles. The lowest BCUT2D eigenvalue weighted by atomic mass is 9.58. The van der Waals surface area contributed by atoms with Crippen LogP contribution in [0, 0.1) is 11.3 Å². The predicted molar refractivity (Wildman–Crippen MR) is 85.9 cm³/mol. The third-order valence-electron chi connectivity index (χ3n) is 5.41. The van der Waals surface area contributed by atoms with Crippen molar-refractivity contribution in [3.63, 3.8) is 0 Å². The van der Waals surface area contributed by atoms with Crippen molar-refractivity contribution < 1.29 is 32.6 Å². The van der Waals surface area contributed by atoms with Crippen LogP contribution in [-0.2, 0) is 4.79 Å². The van der Waals surface area contributed by atoms with Gasteiger partial charge in [-0.2, -0.15) is 13.2 Å². The van der Waals surface area contributed by atoms with Gasteiger partial charge in [-0.05, 0) is 42.9 Å². The molecule has 1 unspecified atom stereocenters. The topological polar surface area (TPSA) is 66.8 Å². The molecule has 0 aromatic heterocycles. The maximum atomic E-state index is 13.3. The summed E-state index contributed by atoms with van der Waals surface area (Å²) < 4.78 is 45.1. The zero-order chi connectivity index (χ0) is 18.9. The molecule has 2 fully saturated rings. The zero-order valence-corrected chi connectivity index (χ0v) is 14.1. The van der Waals surface area contributed by atoms with Crippen LogP contribution >= 0.6 is 0 Å². The van der Waals surface area contributed by atoms with Gasteiger partial charge in [-0.25, -0.2) is 4.79 Å². The van der Waals surface area contributed by atoms with E-state index < -0.39 is 30.1 Å². The van der Waals surface area contributed by atoms with E-state index in [2.05, 4.69) is 0 Å². The van der Waals surface area contributed by atoms with Gasteiger partial charge in [0.1, 0.15) is 5.75 Å². The van der Waals surface area contributed by atoms with Crippen molar-refractivity contribution in [3.8, 4) is 5.75 Å². The normalized spacial score (nSPS) is 22.0. The Morgan fingerprint density at radius 3 is 2.62 bits per heavy atom.